The molecule has 2 aliphatic rings. The zero-order chi connectivity index (χ0) is 13.9. The van der Waals surface area contributed by atoms with Crippen molar-refractivity contribution in [2.45, 2.75) is 37.8 Å². The summed E-state index contributed by atoms with van der Waals surface area (Å²) in [6, 6.07) is 3.94. The average molecular weight is 316 g/mol. The fraction of sp³-hybridized carbons (Fsp3) is 0.600. The Bertz CT molecular complexity index is 475. The van der Waals surface area contributed by atoms with E-state index in [1.807, 2.05) is 6.07 Å². The molecule has 3 rings (SSSR count). The molecule has 20 heavy (non-hydrogen) atoms. The van der Waals surface area contributed by atoms with Gasteiger partial charge in [0.15, 0.2) is 0 Å². The first-order valence-electron chi connectivity index (χ1n) is 7.21. The monoisotopic (exact) mass is 315 g/mol. The van der Waals surface area contributed by atoms with E-state index in [-0.39, 0.29) is 6.04 Å². The van der Waals surface area contributed by atoms with Crippen molar-refractivity contribution >= 4 is 23.2 Å². The van der Waals surface area contributed by atoms with Gasteiger partial charge in [0.25, 0.3) is 0 Å². The fourth-order valence-electron chi connectivity index (χ4n) is 2.93. The van der Waals surface area contributed by atoms with Crippen molar-refractivity contribution in [2.24, 2.45) is 0 Å². The number of halogens is 2. The third-order valence-electron chi connectivity index (χ3n) is 3.95. The predicted octanol–water partition coefficient (Wildman–Crippen LogP) is 3.98. The van der Waals surface area contributed by atoms with Crippen molar-refractivity contribution in [3.63, 3.8) is 0 Å². The molecule has 0 aliphatic carbocycles. The van der Waals surface area contributed by atoms with Crippen molar-refractivity contribution in [1.82, 2.24) is 5.32 Å². The number of hydrogen-bond acceptors (Lipinski definition) is 3. The molecule has 0 saturated carbocycles. The lowest BCUT2D eigenvalue weighted by Crippen LogP contribution is -2.29. The van der Waals surface area contributed by atoms with Gasteiger partial charge in [-0.2, -0.15) is 0 Å². The highest BCUT2D eigenvalue weighted by Crippen LogP contribution is 2.39. The number of benzene rings is 1. The van der Waals surface area contributed by atoms with Gasteiger partial charge in [0.05, 0.1) is 17.7 Å². The van der Waals surface area contributed by atoms with E-state index in [2.05, 4.69) is 5.32 Å². The van der Waals surface area contributed by atoms with E-state index in [9.17, 15) is 0 Å². The third-order valence-corrected chi connectivity index (χ3v) is 4.45. The highest BCUT2D eigenvalue weighted by Gasteiger charge is 2.24. The Labute approximate surface area is 129 Å². The van der Waals surface area contributed by atoms with Gasteiger partial charge in [0, 0.05) is 29.7 Å². The van der Waals surface area contributed by atoms with E-state index >= 15 is 0 Å². The standard InChI is InChI=1S/C15H19Cl2NO2/c16-10-8-12-14(4-7-20-15(12)13(17)9-10)18-5-3-11-2-1-6-19-11/h8-9,11,14,18H,1-7H2. The predicted molar refractivity (Wildman–Crippen MR) is 80.9 cm³/mol. The molecular formula is C15H19Cl2NO2. The van der Waals surface area contributed by atoms with Crippen LogP contribution in [0.1, 0.15) is 37.3 Å². The first-order valence-corrected chi connectivity index (χ1v) is 7.96. The molecule has 2 atom stereocenters. The van der Waals surface area contributed by atoms with Crippen LogP contribution in [0.3, 0.4) is 0 Å². The molecule has 1 aromatic rings. The Morgan fingerprint density at radius 2 is 2.10 bits per heavy atom. The summed E-state index contributed by atoms with van der Waals surface area (Å²) in [5.41, 5.74) is 1.07. The summed E-state index contributed by atoms with van der Waals surface area (Å²) in [5, 5.41) is 4.83. The molecule has 1 N–H and O–H groups in total. The SMILES string of the molecule is Clc1cc(Cl)c2c(c1)C(NCCC1CCCO1)CCO2. The summed E-state index contributed by atoms with van der Waals surface area (Å²) in [6.07, 6.45) is 4.79. The van der Waals surface area contributed by atoms with Crippen LogP contribution in [0, 0.1) is 0 Å². The number of fused-ring (bicyclic) bond motifs is 1. The van der Waals surface area contributed by atoms with Crippen molar-refractivity contribution < 1.29 is 9.47 Å². The smallest absolute Gasteiger partial charge is 0.142 e. The molecule has 2 heterocycles. The Hall–Kier alpha value is -0.480. The Kier molecular flexibility index (Phi) is 4.72. The van der Waals surface area contributed by atoms with Gasteiger partial charge in [0.1, 0.15) is 5.75 Å². The molecule has 1 saturated heterocycles. The first-order chi connectivity index (χ1) is 9.74. The lowest BCUT2D eigenvalue weighted by Gasteiger charge is -2.28. The van der Waals surface area contributed by atoms with Gasteiger partial charge >= 0.3 is 0 Å². The van der Waals surface area contributed by atoms with Crippen LogP contribution in [0.15, 0.2) is 12.1 Å². The van der Waals surface area contributed by atoms with Gasteiger partial charge in [-0.1, -0.05) is 23.2 Å². The summed E-state index contributed by atoms with van der Waals surface area (Å²) >= 11 is 12.3. The van der Waals surface area contributed by atoms with Crippen molar-refractivity contribution in [3.05, 3.63) is 27.7 Å². The van der Waals surface area contributed by atoms with Gasteiger partial charge < -0.3 is 14.8 Å². The Morgan fingerprint density at radius 3 is 2.90 bits per heavy atom. The topological polar surface area (TPSA) is 30.5 Å². The fourth-order valence-corrected chi connectivity index (χ4v) is 3.49. The molecule has 2 aliphatic heterocycles. The van der Waals surface area contributed by atoms with E-state index < -0.39 is 0 Å². The van der Waals surface area contributed by atoms with E-state index in [0.717, 1.165) is 37.3 Å². The highest BCUT2D eigenvalue weighted by molar-refractivity contribution is 6.35. The van der Waals surface area contributed by atoms with Crippen LogP contribution in [-0.4, -0.2) is 25.9 Å². The van der Waals surface area contributed by atoms with E-state index in [1.165, 1.54) is 12.8 Å². The number of ether oxygens (including phenoxy) is 2. The van der Waals surface area contributed by atoms with Crippen molar-refractivity contribution in [2.75, 3.05) is 19.8 Å². The molecule has 0 amide bonds. The normalized spacial score (nSPS) is 25.3. The van der Waals surface area contributed by atoms with Crippen molar-refractivity contribution in [1.29, 1.82) is 0 Å². The second-order valence-electron chi connectivity index (χ2n) is 5.37. The van der Waals surface area contributed by atoms with Crippen LogP contribution in [0.2, 0.25) is 10.0 Å². The molecule has 110 valence electrons. The maximum Gasteiger partial charge on any atom is 0.142 e. The zero-order valence-corrected chi connectivity index (χ0v) is 12.8. The molecule has 1 fully saturated rings. The maximum atomic E-state index is 6.19. The first kappa shape index (κ1) is 14.5. The van der Waals surface area contributed by atoms with Crippen LogP contribution in [-0.2, 0) is 4.74 Å². The van der Waals surface area contributed by atoms with Crippen molar-refractivity contribution in [3.8, 4) is 5.75 Å². The van der Waals surface area contributed by atoms with Crippen LogP contribution in [0.25, 0.3) is 0 Å². The molecule has 5 heteroatoms. The van der Waals surface area contributed by atoms with Crippen LogP contribution < -0.4 is 10.1 Å². The second-order valence-corrected chi connectivity index (χ2v) is 6.22. The van der Waals surface area contributed by atoms with Gasteiger partial charge in [0.2, 0.25) is 0 Å². The van der Waals surface area contributed by atoms with E-state index in [0.29, 0.717) is 22.8 Å². The van der Waals surface area contributed by atoms with Gasteiger partial charge in [-0.05, 0) is 37.9 Å². The summed E-state index contributed by atoms with van der Waals surface area (Å²) in [6.45, 7) is 2.54. The molecular weight excluding hydrogens is 297 g/mol. The van der Waals surface area contributed by atoms with E-state index in [1.54, 1.807) is 6.07 Å². The Morgan fingerprint density at radius 1 is 1.20 bits per heavy atom. The minimum Gasteiger partial charge on any atom is -0.492 e. The van der Waals surface area contributed by atoms with E-state index in [4.69, 9.17) is 32.7 Å². The summed E-state index contributed by atoms with van der Waals surface area (Å²) in [5.74, 6) is 0.775. The molecule has 0 radical (unpaired) electrons. The molecule has 2 unspecified atom stereocenters. The van der Waals surface area contributed by atoms with Crippen LogP contribution >= 0.6 is 23.2 Å². The minimum atomic E-state index is 0.261. The average Bonchev–Trinajstić information content (AvgIpc) is 2.92. The number of hydrogen-bond donors (Lipinski definition) is 1. The maximum absolute atomic E-state index is 6.19. The summed E-state index contributed by atoms with van der Waals surface area (Å²) in [4.78, 5) is 0. The lowest BCUT2D eigenvalue weighted by molar-refractivity contribution is 0.103. The number of rotatable bonds is 4. The molecule has 1 aromatic carbocycles. The van der Waals surface area contributed by atoms with Gasteiger partial charge in [-0.25, -0.2) is 0 Å². The third kappa shape index (κ3) is 3.22. The summed E-state index contributed by atoms with van der Waals surface area (Å²) in [7, 11) is 0. The molecule has 0 bridgehead atoms. The number of nitrogens with one attached hydrogen (secondary N) is 1. The quantitative estimate of drug-likeness (QED) is 0.911. The van der Waals surface area contributed by atoms with Crippen LogP contribution in [0.4, 0.5) is 0 Å². The zero-order valence-electron chi connectivity index (χ0n) is 11.3. The molecule has 0 aromatic heterocycles. The summed E-state index contributed by atoms with van der Waals surface area (Å²) < 4.78 is 11.3. The second kappa shape index (κ2) is 6.52. The highest BCUT2D eigenvalue weighted by atomic mass is 35.5. The van der Waals surface area contributed by atoms with Gasteiger partial charge in [-0.15, -0.1) is 0 Å². The van der Waals surface area contributed by atoms with Gasteiger partial charge in [-0.3, -0.25) is 0 Å². The molecule has 0 spiro atoms. The minimum absolute atomic E-state index is 0.261. The Balaban J connectivity index is 1.63. The van der Waals surface area contributed by atoms with Crippen LogP contribution in [0.5, 0.6) is 5.75 Å². The lowest BCUT2D eigenvalue weighted by atomic mass is 10.00. The largest absolute Gasteiger partial charge is 0.492 e. The molecule has 3 nitrogen and oxygen atoms in total.